The number of likely N-dealkylation sites (tertiary alicyclic amines) is 1. The van der Waals surface area contributed by atoms with Crippen LogP contribution in [0.3, 0.4) is 0 Å². The van der Waals surface area contributed by atoms with Gasteiger partial charge in [-0.25, -0.2) is 4.79 Å². The first-order valence-electron chi connectivity index (χ1n) is 9.82. The number of aryl methyl sites for hydroxylation is 2. The van der Waals surface area contributed by atoms with Gasteiger partial charge in [0.15, 0.2) is 0 Å². The number of aliphatic carboxylic acids is 1. The van der Waals surface area contributed by atoms with Crippen LogP contribution < -0.4 is 5.32 Å². The van der Waals surface area contributed by atoms with Crippen LogP contribution in [0.2, 0.25) is 0 Å². The fraction of sp³-hybridized carbons (Fsp3) is 0.476. The number of carboxylic acids is 1. The minimum Gasteiger partial charge on any atom is -0.475 e. The van der Waals surface area contributed by atoms with Crippen molar-refractivity contribution >= 4 is 11.9 Å². The summed E-state index contributed by atoms with van der Waals surface area (Å²) in [6.07, 6.45) is -4.18. The third kappa shape index (κ3) is 4.73. The highest BCUT2D eigenvalue weighted by molar-refractivity contribution is 5.86. The fourth-order valence-corrected chi connectivity index (χ4v) is 4.36. The van der Waals surface area contributed by atoms with Crippen LogP contribution in [0.1, 0.15) is 34.9 Å². The van der Waals surface area contributed by atoms with Crippen molar-refractivity contribution in [3.8, 4) is 0 Å². The summed E-state index contributed by atoms with van der Waals surface area (Å²) in [5.41, 5.74) is 3.05. The Morgan fingerprint density at radius 1 is 1.32 bits per heavy atom. The standard InChI is InChI=1S/C19H23N3O2.C2HF3O2/c1-13-16(14(2)24-21-13)10-22-11-17(15-6-4-3-5-7-15)19(12-22)8-9-20-18(19)23;3-2(4,5)1(6)7/h3-7,17H,8-12H2,1-2H3,(H,20,23);(H,6,7)/t17-,19+;/m0./s1. The van der Waals surface area contributed by atoms with E-state index < -0.39 is 12.1 Å². The van der Waals surface area contributed by atoms with E-state index in [1.54, 1.807) is 0 Å². The Hall–Kier alpha value is -2.88. The predicted molar refractivity (Wildman–Crippen MR) is 104 cm³/mol. The number of carbonyl (C=O) groups is 2. The molecule has 0 unspecified atom stereocenters. The van der Waals surface area contributed by atoms with Crippen molar-refractivity contribution in [1.82, 2.24) is 15.4 Å². The van der Waals surface area contributed by atoms with E-state index in [4.69, 9.17) is 14.4 Å². The smallest absolute Gasteiger partial charge is 0.475 e. The van der Waals surface area contributed by atoms with E-state index in [9.17, 15) is 18.0 Å². The molecule has 0 saturated carbocycles. The first-order chi connectivity index (χ1) is 14.5. The topological polar surface area (TPSA) is 95.7 Å². The van der Waals surface area contributed by atoms with E-state index in [0.29, 0.717) is 0 Å². The van der Waals surface area contributed by atoms with Gasteiger partial charge < -0.3 is 14.9 Å². The molecule has 1 aromatic heterocycles. The molecule has 2 aliphatic heterocycles. The minimum atomic E-state index is -5.08. The summed E-state index contributed by atoms with van der Waals surface area (Å²) in [4.78, 5) is 24.0. The predicted octanol–water partition coefficient (Wildman–Crippen LogP) is 3.03. The number of carbonyl (C=O) groups excluding carboxylic acids is 1. The molecule has 31 heavy (non-hydrogen) atoms. The molecule has 2 aromatic rings. The number of amides is 1. The number of halogens is 3. The second-order valence-electron chi connectivity index (χ2n) is 7.90. The number of alkyl halides is 3. The van der Waals surface area contributed by atoms with Gasteiger partial charge >= 0.3 is 12.1 Å². The number of benzene rings is 1. The summed E-state index contributed by atoms with van der Waals surface area (Å²) in [6.45, 7) is 7.19. The number of hydrogen-bond acceptors (Lipinski definition) is 5. The Morgan fingerprint density at radius 2 is 1.97 bits per heavy atom. The van der Waals surface area contributed by atoms with Crippen LogP contribution in [0, 0.1) is 19.3 Å². The Kier molecular flexibility index (Phi) is 6.40. The molecule has 7 nitrogen and oxygen atoms in total. The number of nitrogens with one attached hydrogen (secondary N) is 1. The van der Waals surface area contributed by atoms with Crippen molar-refractivity contribution in [2.45, 2.75) is 38.9 Å². The zero-order valence-corrected chi connectivity index (χ0v) is 17.2. The van der Waals surface area contributed by atoms with Gasteiger partial charge in [0.05, 0.1) is 11.1 Å². The molecule has 1 spiro atoms. The van der Waals surface area contributed by atoms with Crippen LogP contribution in [-0.4, -0.2) is 52.9 Å². The van der Waals surface area contributed by atoms with Crippen LogP contribution >= 0.6 is 0 Å². The number of nitrogens with zero attached hydrogens (tertiary/aromatic N) is 2. The maximum atomic E-state index is 12.7. The number of hydrogen-bond donors (Lipinski definition) is 2. The zero-order valence-electron chi connectivity index (χ0n) is 17.2. The lowest BCUT2D eigenvalue weighted by molar-refractivity contribution is -0.192. The van der Waals surface area contributed by atoms with Gasteiger partial charge in [-0.05, 0) is 25.8 Å². The molecule has 0 bridgehead atoms. The van der Waals surface area contributed by atoms with Crippen molar-refractivity contribution in [2.24, 2.45) is 5.41 Å². The number of aromatic nitrogens is 1. The minimum absolute atomic E-state index is 0.206. The maximum Gasteiger partial charge on any atom is 0.490 e. The van der Waals surface area contributed by atoms with Crippen molar-refractivity contribution in [2.75, 3.05) is 19.6 Å². The van der Waals surface area contributed by atoms with Gasteiger partial charge in [0.25, 0.3) is 0 Å². The van der Waals surface area contributed by atoms with Crippen molar-refractivity contribution in [3.63, 3.8) is 0 Å². The van der Waals surface area contributed by atoms with E-state index in [1.807, 2.05) is 19.9 Å². The lowest BCUT2D eigenvalue weighted by Gasteiger charge is -2.27. The SMILES string of the molecule is Cc1noc(C)c1CN1C[C@@H](c2ccccc2)[C@@]2(CCNC2=O)C1.O=C(O)C(F)(F)F. The lowest BCUT2D eigenvalue weighted by atomic mass is 9.73. The highest BCUT2D eigenvalue weighted by Crippen LogP contribution is 2.48. The van der Waals surface area contributed by atoms with Gasteiger partial charge in [0.2, 0.25) is 5.91 Å². The van der Waals surface area contributed by atoms with Gasteiger partial charge in [0.1, 0.15) is 5.76 Å². The van der Waals surface area contributed by atoms with Crippen LogP contribution in [0.25, 0.3) is 0 Å². The molecule has 3 heterocycles. The van der Waals surface area contributed by atoms with Crippen molar-refractivity contribution in [1.29, 1.82) is 0 Å². The Morgan fingerprint density at radius 3 is 2.45 bits per heavy atom. The van der Waals surface area contributed by atoms with E-state index in [0.717, 1.165) is 49.6 Å². The van der Waals surface area contributed by atoms with Gasteiger partial charge in [-0.15, -0.1) is 0 Å². The van der Waals surface area contributed by atoms with Crippen LogP contribution in [0.4, 0.5) is 13.2 Å². The highest BCUT2D eigenvalue weighted by Gasteiger charge is 2.54. The second kappa shape index (κ2) is 8.70. The summed E-state index contributed by atoms with van der Waals surface area (Å²) in [5.74, 6) is -1.44. The molecule has 1 amide bonds. The lowest BCUT2D eigenvalue weighted by Crippen LogP contribution is -2.37. The maximum absolute atomic E-state index is 12.7. The molecular weight excluding hydrogens is 415 g/mol. The average Bonchev–Trinajstić information content (AvgIpc) is 3.37. The normalized spacial score (nSPS) is 23.5. The molecule has 2 fully saturated rings. The van der Waals surface area contributed by atoms with Gasteiger partial charge in [-0.1, -0.05) is 35.5 Å². The van der Waals surface area contributed by atoms with Gasteiger partial charge in [0, 0.05) is 37.7 Å². The summed E-state index contributed by atoms with van der Waals surface area (Å²) < 4.78 is 37.0. The molecule has 10 heteroatoms. The fourth-order valence-electron chi connectivity index (χ4n) is 4.36. The van der Waals surface area contributed by atoms with Gasteiger partial charge in [-0.2, -0.15) is 13.2 Å². The van der Waals surface area contributed by atoms with E-state index in [1.165, 1.54) is 5.56 Å². The molecule has 4 rings (SSSR count). The van der Waals surface area contributed by atoms with Gasteiger partial charge in [-0.3, -0.25) is 9.69 Å². The molecule has 2 N–H and O–H groups in total. The Bertz CT molecular complexity index is 926. The average molecular weight is 439 g/mol. The third-order valence-corrected chi connectivity index (χ3v) is 5.93. The molecule has 0 radical (unpaired) electrons. The summed E-state index contributed by atoms with van der Waals surface area (Å²) in [7, 11) is 0. The van der Waals surface area contributed by atoms with Crippen molar-refractivity contribution < 1.29 is 32.4 Å². The Labute approximate surface area is 177 Å². The molecular formula is C21H24F3N3O4. The highest BCUT2D eigenvalue weighted by atomic mass is 19.4. The zero-order chi connectivity index (χ0) is 22.8. The molecule has 168 valence electrons. The summed E-state index contributed by atoms with van der Waals surface area (Å²) in [6, 6.07) is 10.5. The molecule has 2 atom stereocenters. The quantitative estimate of drug-likeness (QED) is 0.764. The molecule has 2 aliphatic rings. The number of rotatable bonds is 3. The van der Waals surface area contributed by atoms with Crippen LogP contribution in [0.15, 0.2) is 34.9 Å². The van der Waals surface area contributed by atoms with Crippen molar-refractivity contribution in [3.05, 3.63) is 52.9 Å². The van der Waals surface area contributed by atoms with Crippen LogP contribution in [-0.2, 0) is 16.1 Å². The number of carboxylic acid groups (broad SMARTS) is 1. The van der Waals surface area contributed by atoms with E-state index >= 15 is 0 Å². The first kappa shape index (κ1) is 22.8. The first-order valence-corrected chi connectivity index (χ1v) is 9.82. The molecule has 1 aromatic carbocycles. The monoisotopic (exact) mass is 439 g/mol. The van der Waals surface area contributed by atoms with Crippen LogP contribution in [0.5, 0.6) is 0 Å². The molecule has 0 aliphatic carbocycles. The largest absolute Gasteiger partial charge is 0.490 e. The van der Waals surface area contributed by atoms with E-state index in [-0.39, 0.29) is 17.2 Å². The van der Waals surface area contributed by atoms with E-state index in [2.05, 4.69) is 39.6 Å². The second-order valence-corrected chi connectivity index (χ2v) is 7.90. The molecule has 2 saturated heterocycles. The third-order valence-electron chi connectivity index (χ3n) is 5.93. The Balaban J connectivity index is 0.000000339. The summed E-state index contributed by atoms with van der Waals surface area (Å²) in [5, 5.41) is 14.2. The summed E-state index contributed by atoms with van der Waals surface area (Å²) >= 11 is 0.